The first-order valence-corrected chi connectivity index (χ1v) is 6.71. The standard InChI is InChI=1S/C14H21N3O2/c1-17-7-4-11(8-12(17)18)13(19)16-10-14(9-15)5-2-3-6-14/h4,7-8H,2-3,5-6,9-10,15H2,1H3,(H,16,19). The minimum atomic E-state index is -0.197. The molecule has 0 radical (unpaired) electrons. The lowest BCUT2D eigenvalue weighted by atomic mass is 9.86. The number of carbonyl (C=O) groups excluding carboxylic acids is 1. The number of pyridine rings is 1. The molecular formula is C14H21N3O2. The van der Waals surface area contributed by atoms with Crippen LogP contribution in [0.4, 0.5) is 0 Å². The maximum absolute atomic E-state index is 12.0. The van der Waals surface area contributed by atoms with Crippen LogP contribution in [0.5, 0.6) is 0 Å². The van der Waals surface area contributed by atoms with Gasteiger partial charge in [-0.25, -0.2) is 0 Å². The number of aryl methyl sites for hydroxylation is 1. The zero-order chi connectivity index (χ0) is 13.9. The van der Waals surface area contributed by atoms with Crippen LogP contribution in [0, 0.1) is 5.41 Å². The average Bonchev–Trinajstić information content (AvgIpc) is 2.89. The monoisotopic (exact) mass is 263 g/mol. The zero-order valence-electron chi connectivity index (χ0n) is 11.3. The smallest absolute Gasteiger partial charge is 0.251 e. The minimum absolute atomic E-state index is 0.0510. The van der Waals surface area contributed by atoms with E-state index in [1.807, 2.05) is 0 Å². The molecule has 2 rings (SSSR count). The van der Waals surface area contributed by atoms with E-state index >= 15 is 0 Å². The summed E-state index contributed by atoms with van der Waals surface area (Å²) in [6, 6.07) is 3.01. The van der Waals surface area contributed by atoms with Crippen molar-refractivity contribution in [2.45, 2.75) is 25.7 Å². The number of rotatable bonds is 4. The topological polar surface area (TPSA) is 77.1 Å². The zero-order valence-corrected chi connectivity index (χ0v) is 11.3. The molecule has 1 aromatic heterocycles. The highest BCUT2D eigenvalue weighted by Gasteiger charge is 2.32. The van der Waals surface area contributed by atoms with E-state index in [1.165, 1.54) is 23.5 Å². The van der Waals surface area contributed by atoms with E-state index < -0.39 is 0 Å². The Morgan fingerprint density at radius 3 is 2.74 bits per heavy atom. The number of nitrogens with zero attached hydrogens (tertiary/aromatic N) is 1. The van der Waals surface area contributed by atoms with Crippen molar-refractivity contribution in [2.24, 2.45) is 18.2 Å². The minimum Gasteiger partial charge on any atom is -0.351 e. The molecule has 0 atom stereocenters. The Bertz CT molecular complexity index is 516. The predicted octanol–water partition coefficient (Wildman–Crippen LogP) is 0.634. The number of nitrogens with one attached hydrogen (secondary N) is 1. The van der Waals surface area contributed by atoms with E-state index in [0.717, 1.165) is 12.8 Å². The largest absolute Gasteiger partial charge is 0.351 e. The van der Waals surface area contributed by atoms with Crippen LogP contribution in [0.3, 0.4) is 0 Å². The molecule has 1 aliphatic rings. The van der Waals surface area contributed by atoms with Gasteiger partial charge in [0.2, 0.25) is 0 Å². The molecule has 104 valence electrons. The fourth-order valence-corrected chi connectivity index (χ4v) is 2.64. The molecule has 5 nitrogen and oxygen atoms in total. The summed E-state index contributed by atoms with van der Waals surface area (Å²) in [5, 5.41) is 2.91. The van der Waals surface area contributed by atoms with Crippen molar-refractivity contribution < 1.29 is 4.79 Å². The molecule has 0 aliphatic heterocycles. The summed E-state index contributed by atoms with van der Waals surface area (Å²) in [5.41, 5.74) is 6.12. The van der Waals surface area contributed by atoms with Crippen LogP contribution in [0.1, 0.15) is 36.0 Å². The van der Waals surface area contributed by atoms with Crippen molar-refractivity contribution in [1.82, 2.24) is 9.88 Å². The highest BCUT2D eigenvalue weighted by Crippen LogP contribution is 2.36. The molecule has 1 amide bonds. The van der Waals surface area contributed by atoms with Gasteiger partial charge in [-0.05, 0) is 30.9 Å². The lowest BCUT2D eigenvalue weighted by Gasteiger charge is -2.27. The molecule has 0 spiro atoms. The van der Waals surface area contributed by atoms with Crippen molar-refractivity contribution in [3.63, 3.8) is 0 Å². The molecule has 5 heteroatoms. The summed E-state index contributed by atoms with van der Waals surface area (Å²) >= 11 is 0. The Labute approximate surface area is 112 Å². The maximum Gasteiger partial charge on any atom is 0.251 e. The van der Waals surface area contributed by atoms with Gasteiger partial charge >= 0.3 is 0 Å². The van der Waals surface area contributed by atoms with Crippen molar-refractivity contribution in [3.8, 4) is 0 Å². The summed E-state index contributed by atoms with van der Waals surface area (Å²) in [6.45, 7) is 1.20. The molecule has 19 heavy (non-hydrogen) atoms. The first kappa shape index (κ1) is 13.8. The molecule has 0 aromatic carbocycles. The van der Waals surface area contributed by atoms with Crippen LogP contribution in [0.15, 0.2) is 23.1 Å². The number of hydrogen-bond acceptors (Lipinski definition) is 3. The lowest BCUT2D eigenvalue weighted by Crippen LogP contribution is -2.41. The van der Waals surface area contributed by atoms with Crippen LogP contribution < -0.4 is 16.6 Å². The Hall–Kier alpha value is -1.62. The van der Waals surface area contributed by atoms with Gasteiger partial charge in [0.05, 0.1) is 0 Å². The molecule has 1 aliphatic carbocycles. The fourth-order valence-electron chi connectivity index (χ4n) is 2.64. The SMILES string of the molecule is Cn1ccc(C(=O)NCC2(CN)CCCC2)cc1=O. The van der Waals surface area contributed by atoms with E-state index in [1.54, 1.807) is 19.3 Å². The summed E-state index contributed by atoms with van der Waals surface area (Å²) in [6.07, 6.45) is 6.10. The van der Waals surface area contributed by atoms with Gasteiger partial charge in [0.15, 0.2) is 0 Å². The molecular weight excluding hydrogens is 242 g/mol. The van der Waals surface area contributed by atoms with E-state index in [-0.39, 0.29) is 16.9 Å². The first-order chi connectivity index (χ1) is 9.06. The molecule has 0 saturated heterocycles. The van der Waals surface area contributed by atoms with Gasteiger partial charge in [-0.2, -0.15) is 0 Å². The Balaban J connectivity index is 2.01. The number of nitrogens with two attached hydrogens (primary N) is 1. The third-order valence-electron chi connectivity index (χ3n) is 4.09. The van der Waals surface area contributed by atoms with Gasteiger partial charge < -0.3 is 15.6 Å². The van der Waals surface area contributed by atoms with Gasteiger partial charge in [-0.3, -0.25) is 9.59 Å². The second kappa shape index (κ2) is 5.57. The van der Waals surface area contributed by atoms with Crippen molar-refractivity contribution in [3.05, 3.63) is 34.2 Å². The fraction of sp³-hybridized carbons (Fsp3) is 0.571. The van der Waals surface area contributed by atoms with E-state index in [9.17, 15) is 9.59 Å². The predicted molar refractivity (Wildman–Crippen MR) is 74.0 cm³/mol. The van der Waals surface area contributed by atoms with Gasteiger partial charge in [0, 0.05) is 31.4 Å². The van der Waals surface area contributed by atoms with E-state index in [0.29, 0.717) is 18.7 Å². The van der Waals surface area contributed by atoms with Crippen molar-refractivity contribution in [2.75, 3.05) is 13.1 Å². The van der Waals surface area contributed by atoms with E-state index in [2.05, 4.69) is 5.32 Å². The third-order valence-corrected chi connectivity index (χ3v) is 4.09. The van der Waals surface area contributed by atoms with Crippen LogP contribution in [0.2, 0.25) is 0 Å². The number of amides is 1. The van der Waals surface area contributed by atoms with Crippen LogP contribution in [-0.2, 0) is 7.05 Å². The quantitative estimate of drug-likeness (QED) is 0.836. The second-order valence-corrected chi connectivity index (χ2v) is 5.46. The Morgan fingerprint density at radius 2 is 2.16 bits per heavy atom. The van der Waals surface area contributed by atoms with Crippen LogP contribution >= 0.6 is 0 Å². The molecule has 1 fully saturated rings. The molecule has 1 aromatic rings. The highest BCUT2D eigenvalue weighted by atomic mass is 16.2. The normalized spacial score (nSPS) is 17.4. The molecule has 3 N–H and O–H groups in total. The number of carbonyl (C=O) groups is 1. The van der Waals surface area contributed by atoms with Gasteiger partial charge in [-0.15, -0.1) is 0 Å². The van der Waals surface area contributed by atoms with Gasteiger partial charge in [0.25, 0.3) is 11.5 Å². The Morgan fingerprint density at radius 1 is 1.47 bits per heavy atom. The molecule has 1 saturated carbocycles. The van der Waals surface area contributed by atoms with Crippen LogP contribution in [-0.4, -0.2) is 23.6 Å². The summed E-state index contributed by atoms with van der Waals surface area (Å²) < 4.78 is 1.44. The second-order valence-electron chi connectivity index (χ2n) is 5.46. The first-order valence-electron chi connectivity index (χ1n) is 6.71. The third kappa shape index (κ3) is 3.04. The summed E-state index contributed by atoms with van der Waals surface area (Å²) in [5.74, 6) is -0.197. The maximum atomic E-state index is 12.0. The molecule has 0 unspecified atom stereocenters. The van der Waals surface area contributed by atoms with Crippen LogP contribution in [0.25, 0.3) is 0 Å². The lowest BCUT2D eigenvalue weighted by molar-refractivity contribution is 0.0932. The van der Waals surface area contributed by atoms with Gasteiger partial charge in [0.1, 0.15) is 0 Å². The summed E-state index contributed by atoms with van der Waals surface area (Å²) in [7, 11) is 1.66. The van der Waals surface area contributed by atoms with E-state index in [4.69, 9.17) is 5.73 Å². The highest BCUT2D eigenvalue weighted by molar-refractivity contribution is 5.93. The van der Waals surface area contributed by atoms with Gasteiger partial charge in [-0.1, -0.05) is 12.8 Å². The average molecular weight is 263 g/mol. The number of aromatic nitrogens is 1. The number of hydrogen-bond donors (Lipinski definition) is 2. The molecule has 0 bridgehead atoms. The Kier molecular flexibility index (Phi) is 4.04. The summed E-state index contributed by atoms with van der Waals surface area (Å²) in [4.78, 5) is 23.5. The van der Waals surface area contributed by atoms with Crippen molar-refractivity contribution >= 4 is 5.91 Å². The molecule has 1 heterocycles. The van der Waals surface area contributed by atoms with Crippen molar-refractivity contribution in [1.29, 1.82) is 0 Å².